The minimum Gasteiger partial charge on any atom is -0.469 e. The molecule has 5 rings (SSSR count). The Kier molecular flexibility index (Phi) is 4.35. The van der Waals surface area contributed by atoms with Crippen molar-refractivity contribution in [2.45, 2.75) is 30.9 Å². The van der Waals surface area contributed by atoms with Crippen LogP contribution in [0.3, 0.4) is 0 Å². The van der Waals surface area contributed by atoms with E-state index in [4.69, 9.17) is 19.6 Å². The Morgan fingerprint density at radius 1 is 1.24 bits per heavy atom. The summed E-state index contributed by atoms with van der Waals surface area (Å²) in [6.07, 6.45) is 3.62. The fourth-order valence-corrected chi connectivity index (χ4v) is 5.29. The number of furan rings is 1. The van der Waals surface area contributed by atoms with Crippen molar-refractivity contribution < 1.29 is 23.5 Å². The Balaban J connectivity index is 1.54. The summed E-state index contributed by atoms with van der Waals surface area (Å²) in [5.41, 5.74) is 5.82. The van der Waals surface area contributed by atoms with E-state index in [1.165, 1.54) is 0 Å². The molecule has 0 aliphatic carbocycles. The third-order valence-corrected chi connectivity index (χ3v) is 6.52. The third kappa shape index (κ3) is 2.75. The predicted octanol–water partition coefficient (Wildman–Crippen LogP) is 2.06. The van der Waals surface area contributed by atoms with E-state index >= 15 is 0 Å². The molecule has 2 fully saturated rings. The topological polar surface area (TPSA) is 95.0 Å². The van der Waals surface area contributed by atoms with Crippen LogP contribution in [0.15, 0.2) is 47.1 Å². The van der Waals surface area contributed by atoms with Crippen LogP contribution in [0.1, 0.15) is 30.1 Å². The Labute approximate surface area is 168 Å². The van der Waals surface area contributed by atoms with E-state index in [-0.39, 0.29) is 17.7 Å². The summed E-state index contributed by atoms with van der Waals surface area (Å²) in [4.78, 5) is 27.7. The zero-order valence-corrected chi connectivity index (χ0v) is 16.1. The molecule has 0 saturated carbocycles. The average molecular weight is 396 g/mol. The fourth-order valence-electron chi connectivity index (χ4n) is 5.29. The van der Waals surface area contributed by atoms with Crippen LogP contribution in [0.25, 0.3) is 0 Å². The van der Waals surface area contributed by atoms with Crippen molar-refractivity contribution in [3.8, 4) is 5.75 Å². The normalized spacial score (nSPS) is 30.3. The second kappa shape index (κ2) is 6.91. The number of benzene rings is 1. The van der Waals surface area contributed by atoms with E-state index in [2.05, 4.69) is 0 Å². The molecule has 3 aliphatic rings. The molecule has 7 heteroatoms. The first kappa shape index (κ1) is 18.2. The Morgan fingerprint density at radius 2 is 2.10 bits per heavy atom. The first-order valence-corrected chi connectivity index (χ1v) is 10.1. The lowest BCUT2D eigenvalue weighted by Gasteiger charge is -2.60. The zero-order chi connectivity index (χ0) is 20.0. The van der Waals surface area contributed by atoms with Gasteiger partial charge in [0.1, 0.15) is 17.4 Å². The highest BCUT2D eigenvalue weighted by atomic mass is 16.5. The number of para-hydroxylation sites is 1. The van der Waals surface area contributed by atoms with Gasteiger partial charge in [0.2, 0.25) is 11.8 Å². The maximum Gasteiger partial charge on any atom is 0.238 e. The molecule has 152 valence electrons. The molecule has 2 amide bonds. The molecule has 1 aromatic carbocycles. The van der Waals surface area contributed by atoms with Gasteiger partial charge in [0, 0.05) is 25.3 Å². The lowest BCUT2D eigenvalue weighted by Crippen LogP contribution is -2.72. The van der Waals surface area contributed by atoms with Gasteiger partial charge in [0.15, 0.2) is 5.72 Å². The second-order valence-corrected chi connectivity index (χ2v) is 7.99. The van der Waals surface area contributed by atoms with Crippen molar-refractivity contribution in [1.29, 1.82) is 0 Å². The molecule has 1 aromatic heterocycles. The fraction of sp³-hybridized carbons (Fsp3) is 0.455. The van der Waals surface area contributed by atoms with E-state index in [0.29, 0.717) is 39.0 Å². The van der Waals surface area contributed by atoms with Crippen LogP contribution in [0.5, 0.6) is 5.75 Å². The number of fused-ring (bicyclic) bond motifs is 2. The maximum atomic E-state index is 13.5. The van der Waals surface area contributed by atoms with E-state index in [0.717, 1.165) is 17.1 Å². The van der Waals surface area contributed by atoms with Crippen molar-refractivity contribution in [3.05, 3.63) is 54.0 Å². The smallest absolute Gasteiger partial charge is 0.238 e. The molecule has 29 heavy (non-hydrogen) atoms. The number of carbonyl (C=O) groups excluding carboxylic acids is 2. The van der Waals surface area contributed by atoms with Gasteiger partial charge in [-0.15, -0.1) is 0 Å². The van der Waals surface area contributed by atoms with Gasteiger partial charge in [-0.3, -0.25) is 9.59 Å². The van der Waals surface area contributed by atoms with Crippen molar-refractivity contribution in [2.24, 2.45) is 17.6 Å². The van der Waals surface area contributed by atoms with Crippen LogP contribution in [-0.2, 0) is 20.7 Å². The summed E-state index contributed by atoms with van der Waals surface area (Å²) < 4.78 is 17.7. The van der Waals surface area contributed by atoms with Crippen LogP contribution in [-0.4, -0.2) is 42.2 Å². The lowest BCUT2D eigenvalue weighted by molar-refractivity contribution is -0.227. The number of nitrogens with zero attached hydrogens (tertiary/aromatic N) is 1. The molecule has 0 radical (unpaired) electrons. The Morgan fingerprint density at radius 3 is 2.90 bits per heavy atom. The highest BCUT2D eigenvalue weighted by Crippen LogP contribution is 2.56. The van der Waals surface area contributed by atoms with Gasteiger partial charge in [0.05, 0.1) is 25.4 Å². The van der Waals surface area contributed by atoms with Crippen LogP contribution < -0.4 is 10.5 Å². The molecule has 4 unspecified atom stereocenters. The number of likely N-dealkylation sites (tertiary alicyclic amines) is 1. The summed E-state index contributed by atoms with van der Waals surface area (Å²) in [7, 11) is 0. The number of carbonyl (C=O) groups is 2. The molecule has 4 atom stereocenters. The average Bonchev–Trinajstić information content (AvgIpc) is 3.23. The van der Waals surface area contributed by atoms with Gasteiger partial charge in [-0.2, -0.15) is 0 Å². The Bertz CT molecular complexity index is 927. The number of hydrogen-bond donors (Lipinski definition) is 1. The van der Waals surface area contributed by atoms with Gasteiger partial charge >= 0.3 is 0 Å². The molecular formula is C22H24N2O5. The zero-order valence-electron chi connectivity index (χ0n) is 16.1. The molecule has 7 nitrogen and oxygen atoms in total. The highest BCUT2D eigenvalue weighted by molar-refractivity contribution is 6.02. The van der Waals surface area contributed by atoms with E-state index in [1.807, 2.05) is 36.4 Å². The highest BCUT2D eigenvalue weighted by Gasteiger charge is 2.64. The van der Waals surface area contributed by atoms with Crippen molar-refractivity contribution in [3.63, 3.8) is 0 Å². The Hall–Kier alpha value is -2.80. The molecule has 2 aromatic rings. The van der Waals surface area contributed by atoms with Crippen molar-refractivity contribution in [2.75, 3.05) is 19.8 Å². The van der Waals surface area contributed by atoms with E-state index in [9.17, 15) is 9.59 Å². The van der Waals surface area contributed by atoms with Gasteiger partial charge in [0.25, 0.3) is 0 Å². The molecule has 3 aliphatic heterocycles. The SMILES string of the molecule is NC(=O)C1C(=O)N(CCCc2ccco2)C23CCOCC2C1c1ccccc1O3. The summed E-state index contributed by atoms with van der Waals surface area (Å²) in [6, 6.07) is 11.4. The quantitative estimate of drug-likeness (QED) is 0.781. The molecule has 2 saturated heterocycles. The summed E-state index contributed by atoms with van der Waals surface area (Å²) in [5, 5.41) is 0. The van der Waals surface area contributed by atoms with Gasteiger partial charge in [-0.1, -0.05) is 18.2 Å². The molecule has 2 N–H and O–H groups in total. The number of aryl methyl sites for hydroxylation is 1. The largest absolute Gasteiger partial charge is 0.469 e. The summed E-state index contributed by atoms with van der Waals surface area (Å²) in [6.45, 7) is 1.41. The minimum atomic E-state index is -0.913. The summed E-state index contributed by atoms with van der Waals surface area (Å²) >= 11 is 0. The van der Waals surface area contributed by atoms with Crippen LogP contribution in [0.4, 0.5) is 0 Å². The van der Waals surface area contributed by atoms with Gasteiger partial charge in [-0.25, -0.2) is 0 Å². The van der Waals surface area contributed by atoms with Crippen molar-refractivity contribution >= 4 is 11.8 Å². The van der Waals surface area contributed by atoms with Crippen molar-refractivity contribution in [1.82, 2.24) is 4.90 Å². The van der Waals surface area contributed by atoms with Gasteiger partial charge in [-0.05, 0) is 30.2 Å². The van der Waals surface area contributed by atoms with E-state index in [1.54, 1.807) is 11.2 Å². The number of piperidine rings is 1. The molecule has 0 spiro atoms. The third-order valence-electron chi connectivity index (χ3n) is 6.52. The molecular weight excluding hydrogens is 372 g/mol. The van der Waals surface area contributed by atoms with Crippen LogP contribution >= 0.6 is 0 Å². The molecule has 4 heterocycles. The van der Waals surface area contributed by atoms with Crippen LogP contribution in [0, 0.1) is 11.8 Å². The monoisotopic (exact) mass is 396 g/mol. The standard InChI is InChI=1S/C22H24N2O5/c23-20(25)19-18-15-7-1-2-8-17(15)29-22(9-12-27-13-16(18)22)24(21(19)26)10-3-5-14-6-4-11-28-14/h1-2,4,6-8,11,16,18-19H,3,5,9-10,12-13H2,(H2,23,25). The predicted molar refractivity (Wildman–Crippen MR) is 103 cm³/mol. The maximum absolute atomic E-state index is 13.5. The number of hydrogen-bond acceptors (Lipinski definition) is 5. The second-order valence-electron chi connectivity index (χ2n) is 7.99. The number of rotatable bonds is 5. The first-order valence-electron chi connectivity index (χ1n) is 10.1. The number of ether oxygens (including phenoxy) is 2. The first-order chi connectivity index (χ1) is 14.1. The minimum absolute atomic E-state index is 0.134. The van der Waals surface area contributed by atoms with E-state index < -0.39 is 17.6 Å². The number of nitrogens with two attached hydrogens (primary N) is 1. The van der Waals surface area contributed by atoms with Crippen LogP contribution in [0.2, 0.25) is 0 Å². The summed E-state index contributed by atoms with van der Waals surface area (Å²) in [5.74, 6) is -0.610. The van der Waals surface area contributed by atoms with Gasteiger partial charge < -0.3 is 24.5 Å². The molecule has 2 bridgehead atoms. The lowest BCUT2D eigenvalue weighted by atomic mass is 9.64. The number of amides is 2. The number of primary amides is 1.